The first-order valence-electron chi connectivity index (χ1n) is 9.23. The van der Waals surface area contributed by atoms with Crippen LogP contribution in [0.3, 0.4) is 0 Å². The fraction of sp³-hybridized carbons (Fsp3) is 0.550. The van der Waals surface area contributed by atoms with Crippen LogP contribution in [-0.2, 0) is 9.53 Å². The van der Waals surface area contributed by atoms with Gasteiger partial charge in [-0.1, -0.05) is 12.1 Å². The zero-order valence-electron chi connectivity index (χ0n) is 14.0. The lowest BCUT2D eigenvalue weighted by Gasteiger charge is -2.56. The summed E-state index contributed by atoms with van der Waals surface area (Å²) in [6.07, 6.45) is 5.12. The minimum Gasteiger partial charge on any atom is -0.443 e. The van der Waals surface area contributed by atoms with Crippen LogP contribution in [0.2, 0.25) is 0 Å². The Labute approximate surface area is 146 Å². The molecule has 4 aliphatic carbocycles. The minimum atomic E-state index is -0.764. The second-order valence-corrected chi connectivity index (χ2v) is 8.16. The summed E-state index contributed by atoms with van der Waals surface area (Å²) in [6, 6.07) is 6.85. The van der Waals surface area contributed by atoms with E-state index in [-0.39, 0.29) is 17.7 Å². The van der Waals surface area contributed by atoms with Crippen LogP contribution in [0.4, 0.5) is 0 Å². The Bertz CT molecular complexity index is 695. The molecule has 1 aromatic carbocycles. The maximum Gasteiger partial charge on any atom is 0.295 e. The SMILES string of the molecule is O=CO[C@H](C1C2CC3CC(C2)CC1C3)N1C(=O)c2ccccc2C1=O. The third kappa shape index (κ3) is 2.11. The van der Waals surface area contributed by atoms with Gasteiger partial charge >= 0.3 is 0 Å². The maximum atomic E-state index is 12.9. The molecule has 1 aromatic rings. The monoisotopic (exact) mass is 339 g/mol. The molecule has 130 valence electrons. The molecule has 4 saturated carbocycles. The molecular formula is C20H21NO4. The van der Waals surface area contributed by atoms with Gasteiger partial charge in [-0.15, -0.1) is 0 Å². The Morgan fingerprint density at radius 3 is 1.92 bits per heavy atom. The van der Waals surface area contributed by atoms with E-state index in [9.17, 15) is 14.4 Å². The van der Waals surface area contributed by atoms with Gasteiger partial charge in [-0.3, -0.25) is 14.4 Å². The third-order valence-electron chi connectivity index (χ3n) is 6.90. The highest BCUT2D eigenvalue weighted by Gasteiger charge is 2.55. The molecule has 6 rings (SSSR count). The number of carbonyl (C=O) groups is 3. The van der Waals surface area contributed by atoms with E-state index >= 15 is 0 Å². The van der Waals surface area contributed by atoms with Crippen molar-refractivity contribution in [1.82, 2.24) is 4.90 Å². The van der Waals surface area contributed by atoms with Crippen LogP contribution in [0.1, 0.15) is 52.8 Å². The van der Waals surface area contributed by atoms with E-state index in [0.717, 1.165) is 37.5 Å². The zero-order chi connectivity index (χ0) is 17.1. The van der Waals surface area contributed by atoms with Crippen molar-refractivity contribution in [1.29, 1.82) is 0 Å². The van der Waals surface area contributed by atoms with E-state index in [1.54, 1.807) is 24.3 Å². The number of rotatable bonds is 4. The van der Waals surface area contributed by atoms with Crippen LogP contribution in [0, 0.1) is 29.6 Å². The van der Waals surface area contributed by atoms with Gasteiger partial charge in [0.2, 0.25) is 0 Å². The van der Waals surface area contributed by atoms with Crippen molar-refractivity contribution in [2.75, 3.05) is 0 Å². The van der Waals surface area contributed by atoms with E-state index < -0.39 is 6.23 Å². The summed E-state index contributed by atoms with van der Waals surface area (Å²) in [6.45, 7) is 0.402. The number of ether oxygens (including phenoxy) is 1. The molecule has 2 amide bonds. The number of benzene rings is 1. The number of nitrogens with zero attached hydrogens (tertiary/aromatic N) is 1. The van der Waals surface area contributed by atoms with Crippen molar-refractivity contribution in [3.63, 3.8) is 0 Å². The van der Waals surface area contributed by atoms with Gasteiger partial charge in [-0.2, -0.15) is 0 Å². The lowest BCUT2D eigenvalue weighted by molar-refractivity contribution is -0.162. The van der Waals surface area contributed by atoms with Gasteiger partial charge in [0.25, 0.3) is 18.3 Å². The van der Waals surface area contributed by atoms with Gasteiger partial charge in [-0.25, -0.2) is 4.90 Å². The average Bonchev–Trinajstić information content (AvgIpc) is 2.85. The summed E-state index contributed by atoms with van der Waals surface area (Å²) in [5, 5.41) is 0. The normalized spacial score (nSPS) is 36.5. The van der Waals surface area contributed by atoms with E-state index in [0.29, 0.717) is 29.4 Å². The number of carbonyl (C=O) groups excluding carboxylic acids is 3. The van der Waals surface area contributed by atoms with Gasteiger partial charge in [0.1, 0.15) is 0 Å². The Hall–Kier alpha value is -2.17. The highest BCUT2D eigenvalue weighted by Crippen LogP contribution is 2.58. The summed E-state index contributed by atoms with van der Waals surface area (Å²) in [7, 11) is 0. The first-order chi connectivity index (χ1) is 12.2. The quantitative estimate of drug-likeness (QED) is 0.625. The lowest BCUT2D eigenvalue weighted by Crippen LogP contribution is -2.56. The van der Waals surface area contributed by atoms with E-state index in [1.807, 2.05) is 0 Å². The van der Waals surface area contributed by atoms with Crippen molar-refractivity contribution in [3.8, 4) is 0 Å². The Balaban J connectivity index is 1.51. The van der Waals surface area contributed by atoms with Crippen molar-refractivity contribution in [2.24, 2.45) is 29.6 Å². The first-order valence-corrected chi connectivity index (χ1v) is 9.23. The lowest BCUT2D eigenvalue weighted by atomic mass is 9.51. The topological polar surface area (TPSA) is 63.7 Å². The summed E-state index contributed by atoms with van der Waals surface area (Å²) < 4.78 is 5.43. The molecule has 0 aromatic heterocycles. The van der Waals surface area contributed by atoms with Gasteiger partial charge in [0.05, 0.1) is 11.1 Å². The minimum absolute atomic E-state index is 0.0835. The van der Waals surface area contributed by atoms with Crippen LogP contribution in [0.15, 0.2) is 24.3 Å². The van der Waals surface area contributed by atoms with Crippen LogP contribution in [0.25, 0.3) is 0 Å². The van der Waals surface area contributed by atoms with Crippen LogP contribution in [-0.4, -0.2) is 29.4 Å². The highest BCUT2D eigenvalue weighted by molar-refractivity contribution is 6.21. The standard InChI is InChI=1S/C20H21NO4/c22-10-25-20(17-13-6-11-5-12(8-13)9-14(17)7-11)21-18(23)15-3-1-2-4-16(15)19(21)24/h1-4,10-14,17,20H,5-9H2/t11?,12?,13?,14?,17?,20-/m1/s1. The smallest absolute Gasteiger partial charge is 0.295 e. The number of hydrogen-bond donors (Lipinski definition) is 0. The molecule has 0 saturated heterocycles. The molecule has 5 heteroatoms. The number of imide groups is 1. The second-order valence-electron chi connectivity index (χ2n) is 8.16. The first kappa shape index (κ1) is 15.1. The molecule has 1 aliphatic heterocycles. The second kappa shape index (κ2) is 5.41. The number of hydrogen-bond acceptors (Lipinski definition) is 4. The summed E-state index contributed by atoms with van der Waals surface area (Å²) in [5.74, 6) is 1.87. The molecule has 1 heterocycles. The largest absolute Gasteiger partial charge is 0.443 e. The third-order valence-corrected chi connectivity index (χ3v) is 6.90. The predicted molar refractivity (Wildman–Crippen MR) is 88.4 cm³/mol. The van der Waals surface area contributed by atoms with Crippen molar-refractivity contribution >= 4 is 18.3 Å². The fourth-order valence-corrected chi connectivity index (χ4v) is 6.25. The van der Waals surface area contributed by atoms with E-state index in [1.165, 1.54) is 11.3 Å². The van der Waals surface area contributed by atoms with Crippen LogP contribution in [0.5, 0.6) is 0 Å². The molecule has 0 radical (unpaired) electrons. The maximum absolute atomic E-state index is 12.9. The van der Waals surface area contributed by atoms with Crippen LogP contribution < -0.4 is 0 Å². The number of fused-ring (bicyclic) bond motifs is 1. The molecule has 4 bridgehead atoms. The molecule has 4 fully saturated rings. The summed E-state index contributed by atoms with van der Waals surface area (Å²) in [5.41, 5.74) is 0.826. The van der Waals surface area contributed by atoms with Gasteiger partial charge in [0, 0.05) is 5.92 Å². The summed E-state index contributed by atoms with van der Waals surface area (Å²) in [4.78, 5) is 38.2. The average molecular weight is 339 g/mol. The molecule has 1 atom stereocenters. The molecule has 0 unspecified atom stereocenters. The van der Waals surface area contributed by atoms with Crippen molar-refractivity contribution < 1.29 is 19.1 Å². The van der Waals surface area contributed by atoms with Gasteiger partial charge in [-0.05, 0) is 67.9 Å². The van der Waals surface area contributed by atoms with Crippen molar-refractivity contribution in [3.05, 3.63) is 35.4 Å². The predicted octanol–water partition coefficient (Wildman–Crippen LogP) is 2.85. The van der Waals surface area contributed by atoms with E-state index in [2.05, 4.69) is 0 Å². The zero-order valence-corrected chi connectivity index (χ0v) is 14.0. The molecule has 0 N–H and O–H groups in total. The summed E-state index contributed by atoms with van der Waals surface area (Å²) >= 11 is 0. The molecule has 0 spiro atoms. The molecule has 5 nitrogen and oxygen atoms in total. The number of amides is 2. The highest BCUT2D eigenvalue weighted by atomic mass is 16.5. The Morgan fingerprint density at radius 1 is 0.920 bits per heavy atom. The van der Waals surface area contributed by atoms with Gasteiger partial charge in [0.15, 0.2) is 6.23 Å². The Morgan fingerprint density at radius 2 is 1.44 bits per heavy atom. The Kier molecular flexibility index (Phi) is 3.27. The molecule has 25 heavy (non-hydrogen) atoms. The van der Waals surface area contributed by atoms with Gasteiger partial charge < -0.3 is 4.74 Å². The molecule has 5 aliphatic rings. The fourth-order valence-electron chi connectivity index (χ4n) is 6.25. The van der Waals surface area contributed by atoms with E-state index in [4.69, 9.17) is 4.74 Å². The van der Waals surface area contributed by atoms with Crippen molar-refractivity contribution in [2.45, 2.75) is 38.3 Å². The van der Waals surface area contributed by atoms with Crippen LogP contribution >= 0.6 is 0 Å². The molecular weight excluding hydrogens is 318 g/mol.